The first kappa shape index (κ1) is 28.3. The van der Waals surface area contributed by atoms with E-state index in [0.717, 1.165) is 51.4 Å². The molecule has 2 aromatic rings. The number of nitrogens with zero attached hydrogens (tertiary/aromatic N) is 4. The summed E-state index contributed by atoms with van der Waals surface area (Å²) in [5.41, 5.74) is 1.30. The summed E-state index contributed by atoms with van der Waals surface area (Å²) in [7, 11) is 0. The van der Waals surface area contributed by atoms with Crippen molar-refractivity contribution in [3.05, 3.63) is 53.6 Å². The van der Waals surface area contributed by atoms with E-state index < -0.39 is 6.04 Å². The fraction of sp³-hybridized carbons (Fsp3) is 0.464. The van der Waals surface area contributed by atoms with Crippen LogP contribution in [0, 0.1) is 0 Å². The van der Waals surface area contributed by atoms with Crippen LogP contribution < -0.4 is 15.0 Å². The van der Waals surface area contributed by atoms with Gasteiger partial charge in [0, 0.05) is 43.4 Å². The molecule has 2 aliphatic rings. The van der Waals surface area contributed by atoms with Crippen molar-refractivity contribution in [3.63, 3.8) is 0 Å². The molecule has 1 atom stereocenters. The normalized spacial score (nSPS) is 18.8. The maximum absolute atomic E-state index is 13.7. The van der Waals surface area contributed by atoms with Crippen molar-refractivity contribution in [2.75, 3.05) is 62.6 Å². The van der Waals surface area contributed by atoms with Gasteiger partial charge in [-0.05, 0) is 87.2 Å². The van der Waals surface area contributed by atoms with Crippen molar-refractivity contribution < 1.29 is 14.3 Å². The van der Waals surface area contributed by atoms with Gasteiger partial charge in [-0.1, -0.05) is 18.5 Å². The van der Waals surface area contributed by atoms with Crippen molar-refractivity contribution >= 4 is 52.1 Å². The van der Waals surface area contributed by atoms with E-state index in [2.05, 4.69) is 22.0 Å². The van der Waals surface area contributed by atoms with E-state index in [9.17, 15) is 9.59 Å². The van der Waals surface area contributed by atoms with Gasteiger partial charge < -0.3 is 24.8 Å². The van der Waals surface area contributed by atoms with Gasteiger partial charge in [0.05, 0.1) is 18.7 Å². The Morgan fingerprint density at radius 1 is 1.00 bits per heavy atom. The van der Waals surface area contributed by atoms with Gasteiger partial charge in [0.25, 0.3) is 5.91 Å². The SMILES string of the molecule is CCOc1ccc(N2C(=O)C(CC(=O)Nc3ccc(Cl)cc3)N(CCCN3CCN(CC)CC3)C2=S)cc1. The van der Waals surface area contributed by atoms with Crippen LogP contribution in [0.5, 0.6) is 5.75 Å². The summed E-state index contributed by atoms with van der Waals surface area (Å²) >= 11 is 11.8. The average Bonchev–Trinajstić information content (AvgIpc) is 3.15. The Balaban J connectivity index is 1.45. The van der Waals surface area contributed by atoms with Crippen LogP contribution in [-0.2, 0) is 9.59 Å². The fourth-order valence-corrected chi connectivity index (χ4v) is 5.44. The summed E-state index contributed by atoms with van der Waals surface area (Å²) in [6.45, 7) is 11.5. The second-order valence-corrected chi connectivity index (χ2v) is 10.3. The number of carbonyl (C=O) groups is 2. The van der Waals surface area contributed by atoms with Gasteiger partial charge in [0.15, 0.2) is 5.11 Å². The standard InChI is InChI=1S/C28H36ClN5O3S/c1-3-31-16-18-32(19-17-31)14-5-15-33-25(20-26(35)30-22-8-6-21(29)7-9-22)27(36)34(28(33)38)23-10-12-24(13-11-23)37-4-2/h6-13,25H,3-5,14-20H2,1-2H3,(H,30,35). The van der Waals surface area contributed by atoms with E-state index in [4.69, 9.17) is 28.6 Å². The Hall–Kier alpha value is -2.72. The highest BCUT2D eigenvalue weighted by Crippen LogP contribution is 2.29. The summed E-state index contributed by atoms with van der Waals surface area (Å²) in [4.78, 5) is 35.0. The maximum atomic E-state index is 13.7. The number of hydrogen-bond acceptors (Lipinski definition) is 6. The van der Waals surface area contributed by atoms with Crippen LogP contribution in [-0.4, -0.2) is 90.1 Å². The van der Waals surface area contributed by atoms with E-state index in [-0.39, 0.29) is 18.2 Å². The molecular formula is C28H36ClN5O3S. The third kappa shape index (κ3) is 7.02. The zero-order chi connectivity index (χ0) is 27.1. The number of benzene rings is 2. The highest BCUT2D eigenvalue weighted by Gasteiger charge is 2.44. The Kier molecular flexibility index (Phi) is 9.96. The smallest absolute Gasteiger partial charge is 0.256 e. The van der Waals surface area contributed by atoms with Crippen molar-refractivity contribution in [2.45, 2.75) is 32.7 Å². The first-order valence-electron chi connectivity index (χ1n) is 13.3. The lowest BCUT2D eigenvalue weighted by atomic mass is 10.1. The van der Waals surface area contributed by atoms with Crippen LogP contribution in [0.15, 0.2) is 48.5 Å². The topological polar surface area (TPSA) is 68.4 Å². The summed E-state index contributed by atoms with van der Waals surface area (Å²) in [6.07, 6.45) is 0.857. The van der Waals surface area contributed by atoms with Crippen LogP contribution in [0.3, 0.4) is 0 Å². The predicted molar refractivity (Wildman–Crippen MR) is 156 cm³/mol. The fourth-order valence-electron chi connectivity index (χ4n) is 4.90. The summed E-state index contributed by atoms with van der Waals surface area (Å²) in [5, 5.41) is 3.90. The van der Waals surface area contributed by atoms with E-state index in [1.54, 1.807) is 29.2 Å². The Morgan fingerprint density at radius 2 is 1.66 bits per heavy atom. The summed E-state index contributed by atoms with van der Waals surface area (Å²) in [5.74, 6) is 0.289. The molecule has 0 aliphatic carbocycles. The van der Waals surface area contributed by atoms with Crippen LogP contribution in [0.1, 0.15) is 26.7 Å². The molecule has 8 nitrogen and oxygen atoms in total. The molecule has 10 heteroatoms. The molecule has 2 heterocycles. The zero-order valence-electron chi connectivity index (χ0n) is 22.1. The number of rotatable bonds is 11. The molecular weight excluding hydrogens is 522 g/mol. The second-order valence-electron chi connectivity index (χ2n) is 9.48. The molecule has 0 radical (unpaired) electrons. The van der Waals surface area contributed by atoms with E-state index in [1.807, 2.05) is 36.1 Å². The minimum atomic E-state index is -0.668. The van der Waals surface area contributed by atoms with Gasteiger partial charge in [0.2, 0.25) is 5.91 Å². The third-order valence-electron chi connectivity index (χ3n) is 7.02. The number of amides is 2. The third-order valence-corrected chi connectivity index (χ3v) is 7.69. The first-order valence-corrected chi connectivity index (χ1v) is 14.1. The Morgan fingerprint density at radius 3 is 2.29 bits per heavy atom. The Labute approximate surface area is 235 Å². The molecule has 2 aromatic carbocycles. The molecule has 0 bridgehead atoms. The second kappa shape index (κ2) is 13.4. The van der Waals surface area contributed by atoms with Gasteiger partial charge in [0.1, 0.15) is 11.8 Å². The number of hydrogen-bond donors (Lipinski definition) is 1. The summed E-state index contributed by atoms with van der Waals surface area (Å²) < 4.78 is 5.54. The molecule has 2 aliphatic heterocycles. The lowest BCUT2D eigenvalue weighted by Gasteiger charge is -2.34. The van der Waals surface area contributed by atoms with Gasteiger partial charge in [-0.15, -0.1) is 0 Å². The molecule has 0 saturated carbocycles. The largest absolute Gasteiger partial charge is 0.494 e. The highest BCUT2D eigenvalue weighted by atomic mass is 35.5. The van der Waals surface area contributed by atoms with Gasteiger partial charge >= 0.3 is 0 Å². The number of nitrogens with one attached hydrogen (secondary N) is 1. The minimum absolute atomic E-state index is 0.00427. The number of piperazine rings is 1. The molecule has 2 fully saturated rings. The number of ether oxygens (including phenoxy) is 1. The maximum Gasteiger partial charge on any atom is 0.256 e. The quantitative estimate of drug-likeness (QED) is 0.417. The number of halogens is 1. The number of likely N-dealkylation sites (N-methyl/N-ethyl adjacent to an activating group) is 1. The molecule has 1 N–H and O–H groups in total. The van der Waals surface area contributed by atoms with Crippen LogP contribution in [0.2, 0.25) is 5.02 Å². The van der Waals surface area contributed by atoms with E-state index in [0.29, 0.717) is 34.7 Å². The molecule has 4 rings (SSSR count). The molecule has 2 saturated heterocycles. The molecule has 2 amide bonds. The van der Waals surface area contributed by atoms with Crippen molar-refractivity contribution in [1.82, 2.24) is 14.7 Å². The molecule has 38 heavy (non-hydrogen) atoms. The van der Waals surface area contributed by atoms with Crippen molar-refractivity contribution in [3.8, 4) is 5.75 Å². The van der Waals surface area contributed by atoms with Crippen molar-refractivity contribution in [1.29, 1.82) is 0 Å². The highest BCUT2D eigenvalue weighted by molar-refractivity contribution is 7.80. The van der Waals surface area contributed by atoms with Gasteiger partial charge in [-0.3, -0.25) is 14.5 Å². The van der Waals surface area contributed by atoms with Crippen LogP contribution in [0.25, 0.3) is 0 Å². The number of thiocarbonyl (C=S) groups is 1. The molecule has 0 aromatic heterocycles. The monoisotopic (exact) mass is 557 g/mol. The first-order chi connectivity index (χ1) is 18.4. The predicted octanol–water partition coefficient (Wildman–Crippen LogP) is 4.10. The molecule has 0 spiro atoms. The van der Waals surface area contributed by atoms with Gasteiger partial charge in [-0.2, -0.15) is 0 Å². The molecule has 1 unspecified atom stereocenters. The zero-order valence-corrected chi connectivity index (χ0v) is 23.6. The average molecular weight is 558 g/mol. The van der Waals surface area contributed by atoms with Crippen LogP contribution in [0.4, 0.5) is 11.4 Å². The number of anilines is 2. The van der Waals surface area contributed by atoms with Crippen molar-refractivity contribution in [2.24, 2.45) is 0 Å². The van der Waals surface area contributed by atoms with Gasteiger partial charge in [-0.25, -0.2) is 0 Å². The molecule has 204 valence electrons. The number of carbonyl (C=O) groups excluding carboxylic acids is 2. The lowest BCUT2D eigenvalue weighted by Crippen LogP contribution is -2.47. The minimum Gasteiger partial charge on any atom is -0.494 e. The van der Waals surface area contributed by atoms with E-state index >= 15 is 0 Å². The summed E-state index contributed by atoms with van der Waals surface area (Å²) in [6, 6.07) is 13.6. The van der Waals surface area contributed by atoms with E-state index in [1.165, 1.54) is 0 Å². The van der Waals surface area contributed by atoms with Crippen LogP contribution >= 0.6 is 23.8 Å². The Bertz CT molecular complexity index is 1110. The lowest BCUT2D eigenvalue weighted by molar-refractivity contribution is -0.124.